The van der Waals surface area contributed by atoms with Crippen LogP contribution in [-0.2, 0) is 14.3 Å². The first-order valence-corrected chi connectivity index (χ1v) is 9.34. The third-order valence-electron chi connectivity index (χ3n) is 4.70. The van der Waals surface area contributed by atoms with Crippen LogP contribution in [0.4, 0.5) is 10.1 Å². The number of hydrogen-bond acceptors (Lipinski definition) is 6. The molecule has 0 aromatic heterocycles. The van der Waals surface area contributed by atoms with Crippen molar-refractivity contribution in [3.8, 4) is 11.5 Å². The van der Waals surface area contributed by atoms with Gasteiger partial charge in [-0.3, -0.25) is 14.5 Å². The van der Waals surface area contributed by atoms with Crippen LogP contribution in [0.15, 0.2) is 48.2 Å². The second-order valence-corrected chi connectivity index (χ2v) is 6.56. The number of carbonyl (C=O) groups is 2. The minimum absolute atomic E-state index is 0.104. The van der Waals surface area contributed by atoms with Crippen LogP contribution in [0.3, 0.4) is 0 Å². The molecule has 7 nitrogen and oxygen atoms in total. The zero-order valence-electron chi connectivity index (χ0n) is 17.0. The van der Waals surface area contributed by atoms with Gasteiger partial charge in [-0.05, 0) is 36.2 Å². The molecule has 0 saturated heterocycles. The van der Waals surface area contributed by atoms with Crippen molar-refractivity contribution in [2.75, 3.05) is 39.8 Å². The summed E-state index contributed by atoms with van der Waals surface area (Å²) in [6, 6.07) is 10.5. The van der Waals surface area contributed by atoms with Gasteiger partial charge in [-0.1, -0.05) is 12.1 Å². The van der Waals surface area contributed by atoms with Gasteiger partial charge in [0, 0.05) is 26.3 Å². The first-order chi connectivity index (χ1) is 14.5. The summed E-state index contributed by atoms with van der Waals surface area (Å²) in [4.78, 5) is 27.3. The van der Waals surface area contributed by atoms with E-state index in [1.54, 1.807) is 25.3 Å². The Morgan fingerprint density at radius 2 is 1.70 bits per heavy atom. The average Bonchev–Trinajstić information content (AvgIpc) is 2.99. The van der Waals surface area contributed by atoms with Crippen LogP contribution in [0.5, 0.6) is 11.5 Å². The molecule has 3 rings (SSSR count). The minimum atomic E-state index is -0.465. The smallest absolute Gasteiger partial charge is 0.278 e. The van der Waals surface area contributed by atoms with Crippen molar-refractivity contribution < 1.29 is 28.2 Å². The summed E-state index contributed by atoms with van der Waals surface area (Å²) in [7, 11) is 4.58. The Hall–Kier alpha value is -3.39. The van der Waals surface area contributed by atoms with Gasteiger partial charge in [-0.15, -0.1) is 0 Å². The Morgan fingerprint density at radius 1 is 0.967 bits per heavy atom. The quantitative estimate of drug-likeness (QED) is 0.502. The maximum Gasteiger partial charge on any atom is 0.278 e. The Labute approximate surface area is 174 Å². The van der Waals surface area contributed by atoms with E-state index in [1.165, 1.54) is 38.5 Å². The third kappa shape index (κ3) is 4.28. The fraction of sp³-hybridized carbons (Fsp3) is 0.273. The lowest BCUT2D eigenvalue weighted by Gasteiger charge is -2.16. The van der Waals surface area contributed by atoms with E-state index in [1.807, 2.05) is 0 Å². The molecule has 0 aliphatic carbocycles. The van der Waals surface area contributed by atoms with E-state index in [2.05, 4.69) is 5.32 Å². The predicted molar refractivity (Wildman–Crippen MR) is 110 cm³/mol. The molecule has 1 aliphatic heterocycles. The van der Waals surface area contributed by atoms with Gasteiger partial charge >= 0.3 is 0 Å². The van der Waals surface area contributed by atoms with Crippen LogP contribution >= 0.6 is 0 Å². The Morgan fingerprint density at radius 3 is 2.33 bits per heavy atom. The highest BCUT2D eigenvalue weighted by atomic mass is 19.1. The number of rotatable bonds is 9. The zero-order chi connectivity index (χ0) is 21.7. The maximum atomic E-state index is 13.4. The first-order valence-electron chi connectivity index (χ1n) is 9.34. The second-order valence-electron chi connectivity index (χ2n) is 6.56. The standard InChI is InChI=1S/C22H23FN2O5/c1-28-12-4-11-25-21(26)19(14-5-7-15(23)8-6-14)20(22(25)27)24-17-10-9-16(29-2)13-18(17)30-3/h5-10,13,24H,4,11-12H2,1-3H3. The lowest BCUT2D eigenvalue weighted by molar-refractivity contribution is -0.136. The van der Waals surface area contributed by atoms with Gasteiger partial charge < -0.3 is 19.5 Å². The number of hydrogen-bond donors (Lipinski definition) is 1. The SMILES string of the molecule is COCCCN1C(=O)C(Nc2ccc(OC)cc2OC)=C(c2ccc(F)cc2)C1=O. The van der Waals surface area contributed by atoms with Crippen LogP contribution in [0.25, 0.3) is 5.57 Å². The highest BCUT2D eigenvalue weighted by Crippen LogP contribution is 2.35. The molecule has 2 aromatic carbocycles. The molecule has 2 amide bonds. The number of nitrogens with one attached hydrogen (secondary N) is 1. The predicted octanol–water partition coefficient (Wildman–Crippen LogP) is 3.07. The minimum Gasteiger partial charge on any atom is -0.497 e. The van der Waals surface area contributed by atoms with Gasteiger partial charge in [0.1, 0.15) is 23.0 Å². The molecule has 0 unspecified atom stereocenters. The van der Waals surface area contributed by atoms with Crippen LogP contribution in [0.2, 0.25) is 0 Å². The number of ether oxygens (including phenoxy) is 3. The van der Waals surface area contributed by atoms with Crippen LogP contribution in [-0.4, -0.2) is 51.2 Å². The summed E-state index contributed by atoms with van der Waals surface area (Å²) < 4.78 is 29.0. The molecule has 158 valence electrons. The molecule has 0 saturated carbocycles. The molecular formula is C22H23FN2O5. The Balaban J connectivity index is 2.02. The summed E-state index contributed by atoms with van der Waals surface area (Å²) in [6.07, 6.45) is 0.504. The molecular weight excluding hydrogens is 391 g/mol. The number of anilines is 1. The highest BCUT2D eigenvalue weighted by Gasteiger charge is 2.39. The van der Waals surface area contributed by atoms with Crippen molar-refractivity contribution in [2.24, 2.45) is 0 Å². The van der Waals surface area contributed by atoms with Gasteiger partial charge in [-0.25, -0.2) is 4.39 Å². The number of benzene rings is 2. The summed E-state index contributed by atoms with van der Waals surface area (Å²) >= 11 is 0. The first kappa shape index (κ1) is 21.3. The molecule has 30 heavy (non-hydrogen) atoms. The topological polar surface area (TPSA) is 77.1 Å². The Kier molecular flexibility index (Phi) is 6.68. The fourth-order valence-electron chi connectivity index (χ4n) is 3.18. The molecule has 1 heterocycles. The van der Waals surface area contributed by atoms with Crippen molar-refractivity contribution in [1.82, 2.24) is 4.90 Å². The third-order valence-corrected chi connectivity index (χ3v) is 4.70. The number of amides is 2. The van der Waals surface area contributed by atoms with E-state index in [0.29, 0.717) is 35.8 Å². The van der Waals surface area contributed by atoms with E-state index in [9.17, 15) is 14.0 Å². The molecule has 2 aromatic rings. The largest absolute Gasteiger partial charge is 0.497 e. The maximum absolute atomic E-state index is 13.4. The average molecular weight is 414 g/mol. The van der Waals surface area contributed by atoms with E-state index >= 15 is 0 Å². The molecule has 1 aliphatic rings. The molecule has 0 atom stereocenters. The van der Waals surface area contributed by atoms with E-state index < -0.39 is 17.6 Å². The fourth-order valence-corrected chi connectivity index (χ4v) is 3.18. The van der Waals surface area contributed by atoms with Crippen LogP contribution in [0.1, 0.15) is 12.0 Å². The van der Waals surface area contributed by atoms with Crippen molar-refractivity contribution in [3.63, 3.8) is 0 Å². The van der Waals surface area contributed by atoms with Gasteiger partial charge in [0.15, 0.2) is 0 Å². The number of nitrogens with zero attached hydrogens (tertiary/aromatic N) is 1. The number of imide groups is 1. The Bertz CT molecular complexity index is 972. The second kappa shape index (κ2) is 9.41. The molecule has 0 fully saturated rings. The summed E-state index contributed by atoms with van der Waals surface area (Å²) in [5.74, 6) is -0.316. The summed E-state index contributed by atoms with van der Waals surface area (Å²) in [5.41, 5.74) is 1.22. The number of methoxy groups -OCH3 is 3. The van der Waals surface area contributed by atoms with Gasteiger partial charge in [-0.2, -0.15) is 0 Å². The number of halogens is 1. The monoisotopic (exact) mass is 414 g/mol. The molecule has 0 radical (unpaired) electrons. The van der Waals surface area contributed by atoms with Gasteiger partial charge in [0.2, 0.25) is 0 Å². The molecule has 8 heteroatoms. The van der Waals surface area contributed by atoms with Crippen LogP contribution < -0.4 is 14.8 Å². The van der Waals surface area contributed by atoms with Gasteiger partial charge in [0.05, 0.1) is 25.5 Å². The van der Waals surface area contributed by atoms with Gasteiger partial charge in [0.25, 0.3) is 11.8 Å². The molecule has 0 bridgehead atoms. The summed E-state index contributed by atoms with van der Waals surface area (Å²) in [6.45, 7) is 0.624. The van der Waals surface area contributed by atoms with Crippen LogP contribution in [0, 0.1) is 5.82 Å². The zero-order valence-corrected chi connectivity index (χ0v) is 17.0. The van der Waals surface area contributed by atoms with Crippen molar-refractivity contribution >= 4 is 23.1 Å². The summed E-state index contributed by atoms with van der Waals surface area (Å²) in [5, 5.41) is 3.04. The van der Waals surface area contributed by atoms with Crippen molar-refractivity contribution in [1.29, 1.82) is 0 Å². The lowest BCUT2D eigenvalue weighted by atomic mass is 10.0. The van der Waals surface area contributed by atoms with Crippen molar-refractivity contribution in [2.45, 2.75) is 6.42 Å². The van der Waals surface area contributed by atoms with Crippen molar-refractivity contribution in [3.05, 3.63) is 59.5 Å². The van der Waals surface area contributed by atoms with E-state index in [4.69, 9.17) is 14.2 Å². The van der Waals surface area contributed by atoms with E-state index in [0.717, 1.165) is 4.90 Å². The van der Waals surface area contributed by atoms with E-state index in [-0.39, 0.29) is 17.8 Å². The normalized spacial score (nSPS) is 13.8. The number of carbonyl (C=O) groups excluding carboxylic acids is 2. The molecule has 0 spiro atoms. The molecule has 1 N–H and O–H groups in total. The lowest BCUT2D eigenvalue weighted by Crippen LogP contribution is -2.33. The highest BCUT2D eigenvalue weighted by molar-refractivity contribution is 6.36.